The first-order chi connectivity index (χ1) is 9.10. The number of hydrogen-bond acceptors (Lipinski definition) is 2. The first kappa shape index (κ1) is 14.3. The maximum Gasteiger partial charge on any atom is 0.141 e. The molecule has 0 radical (unpaired) electrons. The minimum Gasteiger partial charge on any atom is -0.497 e. The zero-order chi connectivity index (χ0) is 13.8. The molecule has 0 aliphatic rings. The van der Waals surface area contributed by atoms with Crippen LogP contribution in [0, 0.1) is 5.82 Å². The molecule has 0 amide bonds. The lowest BCUT2D eigenvalue weighted by atomic mass is 10.2. The normalized spacial score (nSPS) is 10.3. The van der Waals surface area contributed by atoms with Gasteiger partial charge in [-0.25, -0.2) is 4.39 Å². The summed E-state index contributed by atoms with van der Waals surface area (Å²) in [5.41, 5.74) is 0.933. The van der Waals surface area contributed by atoms with Crippen LogP contribution in [0.4, 0.5) is 4.39 Å². The van der Waals surface area contributed by atoms with Gasteiger partial charge >= 0.3 is 0 Å². The quantitative estimate of drug-likeness (QED) is 0.737. The smallest absolute Gasteiger partial charge is 0.141 e. The van der Waals surface area contributed by atoms with Crippen LogP contribution in [0.2, 0.25) is 0 Å². The van der Waals surface area contributed by atoms with Crippen molar-refractivity contribution in [2.45, 2.75) is 6.61 Å². The van der Waals surface area contributed by atoms with Crippen molar-refractivity contribution in [3.63, 3.8) is 0 Å². The summed E-state index contributed by atoms with van der Waals surface area (Å²) in [6.07, 6.45) is 0. The highest BCUT2D eigenvalue weighted by molar-refractivity contribution is 9.10. The molecule has 5 heteroatoms. The highest BCUT2D eigenvalue weighted by Crippen LogP contribution is 2.25. The molecule has 0 saturated carbocycles. The zero-order valence-corrected chi connectivity index (χ0v) is 13.3. The second kappa shape index (κ2) is 6.39. The number of halogens is 3. The van der Waals surface area contributed by atoms with Gasteiger partial charge in [0.2, 0.25) is 0 Å². The molecule has 0 bridgehead atoms. The highest BCUT2D eigenvalue weighted by Gasteiger charge is 2.05. The van der Waals surface area contributed by atoms with Gasteiger partial charge < -0.3 is 9.47 Å². The molecule has 2 rings (SSSR count). The van der Waals surface area contributed by atoms with Crippen LogP contribution < -0.4 is 9.47 Å². The molecule has 0 spiro atoms. The van der Waals surface area contributed by atoms with Crippen LogP contribution in [0.25, 0.3) is 0 Å². The molecule has 0 aliphatic heterocycles. The van der Waals surface area contributed by atoms with E-state index in [-0.39, 0.29) is 5.82 Å². The molecule has 19 heavy (non-hydrogen) atoms. The Balaban J connectivity index is 2.11. The largest absolute Gasteiger partial charge is 0.497 e. The third-order valence-corrected chi connectivity index (χ3v) is 3.96. The molecule has 0 unspecified atom stereocenters. The van der Waals surface area contributed by atoms with E-state index in [0.717, 1.165) is 15.8 Å². The van der Waals surface area contributed by atoms with Crippen molar-refractivity contribution in [1.82, 2.24) is 0 Å². The Morgan fingerprint density at radius 1 is 1.00 bits per heavy atom. The van der Waals surface area contributed by atoms with Crippen molar-refractivity contribution < 1.29 is 13.9 Å². The monoisotopic (exact) mass is 388 g/mol. The Kier molecular flexibility index (Phi) is 4.82. The Morgan fingerprint density at radius 3 is 2.37 bits per heavy atom. The number of methoxy groups -OCH3 is 1. The van der Waals surface area contributed by atoms with Crippen molar-refractivity contribution in [3.8, 4) is 11.5 Å². The van der Waals surface area contributed by atoms with Gasteiger partial charge in [0, 0.05) is 16.1 Å². The molecular weight excluding hydrogens is 379 g/mol. The van der Waals surface area contributed by atoms with Gasteiger partial charge in [-0.05, 0) is 46.3 Å². The Bertz CT molecular complexity index is 588. The molecule has 2 nitrogen and oxygen atoms in total. The van der Waals surface area contributed by atoms with Gasteiger partial charge in [0.25, 0.3) is 0 Å². The second-order valence-corrected chi connectivity index (χ2v) is 5.53. The lowest BCUT2D eigenvalue weighted by Crippen LogP contribution is -1.97. The maximum atomic E-state index is 13.3. The van der Waals surface area contributed by atoms with Crippen molar-refractivity contribution in [2.24, 2.45) is 0 Å². The van der Waals surface area contributed by atoms with E-state index < -0.39 is 0 Å². The summed E-state index contributed by atoms with van der Waals surface area (Å²) in [4.78, 5) is 0. The van der Waals surface area contributed by atoms with Crippen molar-refractivity contribution in [1.29, 1.82) is 0 Å². The topological polar surface area (TPSA) is 18.5 Å². The molecule has 100 valence electrons. The summed E-state index contributed by atoms with van der Waals surface area (Å²) in [5, 5.41) is 0. The second-order valence-electron chi connectivity index (χ2n) is 3.82. The van der Waals surface area contributed by atoms with E-state index in [4.69, 9.17) is 9.47 Å². The molecule has 0 atom stereocenters. The first-order valence-electron chi connectivity index (χ1n) is 5.50. The third kappa shape index (κ3) is 3.70. The van der Waals surface area contributed by atoms with Crippen molar-refractivity contribution in [2.75, 3.05) is 7.11 Å². The minimum atomic E-state index is -0.345. The van der Waals surface area contributed by atoms with Crippen LogP contribution in [-0.2, 0) is 6.61 Å². The van der Waals surface area contributed by atoms with E-state index in [1.54, 1.807) is 19.2 Å². The van der Waals surface area contributed by atoms with Gasteiger partial charge in [0.1, 0.15) is 23.9 Å². The summed E-state index contributed by atoms with van der Waals surface area (Å²) in [6, 6.07) is 10.3. The number of benzene rings is 2. The fourth-order valence-corrected chi connectivity index (χ4v) is 2.12. The van der Waals surface area contributed by atoms with E-state index >= 15 is 0 Å². The molecule has 0 fully saturated rings. The van der Waals surface area contributed by atoms with Gasteiger partial charge in [-0.2, -0.15) is 0 Å². The minimum absolute atomic E-state index is 0.332. The number of rotatable bonds is 4. The van der Waals surface area contributed by atoms with E-state index in [0.29, 0.717) is 16.8 Å². The molecule has 0 aromatic heterocycles. The van der Waals surface area contributed by atoms with E-state index in [1.165, 1.54) is 6.07 Å². The molecule has 2 aromatic carbocycles. The summed E-state index contributed by atoms with van der Waals surface area (Å²) in [7, 11) is 1.61. The van der Waals surface area contributed by atoms with Crippen molar-refractivity contribution in [3.05, 3.63) is 56.7 Å². The van der Waals surface area contributed by atoms with Crippen LogP contribution in [0.3, 0.4) is 0 Å². The number of ether oxygens (including phenoxy) is 2. The van der Waals surface area contributed by atoms with Crippen molar-refractivity contribution >= 4 is 31.9 Å². The van der Waals surface area contributed by atoms with Crippen LogP contribution in [0.5, 0.6) is 11.5 Å². The lowest BCUT2D eigenvalue weighted by Gasteiger charge is -2.10. The first-order valence-corrected chi connectivity index (χ1v) is 7.09. The van der Waals surface area contributed by atoms with Crippen LogP contribution in [0.15, 0.2) is 45.3 Å². The third-order valence-electron chi connectivity index (χ3n) is 2.54. The highest BCUT2D eigenvalue weighted by atomic mass is 79.9. The predicted octanol–water partition coefficient (Wildman–Crippen LogP) is 4.94. The molecule has 0 heterocycles. The molecule has 0 aliphatic carbocycles. The van der Waals surface area contributed by atoms with Crippen LogP contribution >= 0.6 is 31.9 Å². The van der Waals surface area contributed by atoms with E-state index in [9.17, 15) is 4.39 Å². The summed E-state index contributed by atoms with van der Waals surface area (Å²) < 4.78 is 25.4. The van der Waals surface area contributed by atoms with Crippen LogP contribution in [0.1, 0.15) is 5.56 Å². The van der Waals surface area contributed by atoms with E-state index in [1.807, 2.05) is 18.2 Å². The van der Waals surface area contributed by atoms with Crippen LogP contribution in [-0.4, -0.2) is 7.11 Å². The molecule has 0 N–H and O–H groups in total. The lowest BCUT2D eigenvalue weighted by molar-refractivity contribution is 0.302. The Labute approximate surface area is 127 Å². The summed E-state index contributed by atoms with van der Waals surface area (Å²) in [6.45, 7) is 0.332. The van der Waals surface area contributed by atoms with E-state index in [2.05, 4.69) is 31.9 Å². The summed E-state index contributed by atoms with van der Waals surface area (Å²) in [5.74, 6) is 0.890. The van der Waals surface area contributed by atoms with Gasteiger partial charge in [-0.3, -0.25) is 0 Å². The van der Waals surface area contributed by atoms with Gasteiger partial charge in [0.15, 0.2) is 0 Å². The fourth-order valence-electron chi connectivity index (χ4n) is 1.52. The predicted molar refractivity (Wildman–Crippen MR) is 79.1 cm³/mol. The average molecular weight is 390 g/mol. The Hall–Kier alpha value is -1.07. The zero-order valence-electron chi connectivity index (χ0n) is 10.1. The number of hydrogen-bond donors (Lipinski definition) is 0. The fraction of sp³-hybridized carbons (Fsp3) is 0.143. The molecular formula is C14H11Br2FO2. The molecule has 2 aromatic rings. The maximum absolute atomic E-state index is 13.3. The summed E-state index contributed by atoms with van der Waals surface area (Å²) >= 11 is 6.54. The van der Waals surface area contributed by atoms with Gasteiger partial charge in [-0.1, -0.05) is 15.9 Å². The standard InChI is InChI=1S/C14H11Br2FO2/c1-18-10-2-4-12(15)9(6-10)8-19-11-3-5-13(16)14(17)7-11/h2-7H,8H2,1H3. The Morgan fingerprint density at radius 2 is 1.68 bits per heavy atom. The average Bonchev–Trinajstić information content (AvgIpc) is 2.41. The SMILES string of the molecule is COc1ccc(Br)c(COc2ccc(Br)c(F)c2)c1. The van der Waals surface area contributed by atoms with Gasteiger partial charge in [-0.15, -0.1) is 0 Å². The molecule has 0 saturated heterocycles. The van der Waals surface area contributed by atoms with Gasteiger partial charge in [0.05, 0.1) is 11.6 Å².